The predicted octanol–water partition coefficient (Wildman–Crippen LogP) is 2.22. The van der Waals surface area contributed by atoms with E-state index < -0.39 is 11.8 Å². The summed E-state index contributed by atoms with van der Waals surface area (Å²) in [6.07, 6.45) is 3.71. The molecule has 0 atom stereocenters. The molecule has 1 saturated carbocycles. The highest BCUT2D eigenvalue weighted by Gasteiger charge is 2.25. The van der Waals surface area contributed by atoms with E-state index in [-0.39, 0.29) is 22.4 Å². The molecule has 1 aliphatic rings. The fourth-order valence-electron chi connectivity index (χ4n) is 1.31. The third-order valence-electron chi connectivity index (χ3n) is 2.29. The number of hydrogen-bond acceptors (Lipinski definition) is 4. The summed E-state index contributed by atoms with van der Waals surface area (Å²) < 4.78 is 13.4. The minimum absolute atomic E-state index is 0.109. The van der Waals surface area contributed by atoms with Crippen LogP contribution >= 0.6 is 11.8 Å². The number of halogens is 1. The summed E-state index contributed by atoms with van der Waals surface area (Å²) in [5.74, 6) is -1.49. The second-order valence-corrected chi connectivity index (χ2v) is 4.39. The molecule has 1 heterocycles. The highest BCUT2D eigenvalue weighted by atomic mass is 32.2. The summed E-state index contributed by atoms with van der Waals surface area (Å²) in [5.41, 5.74) is -0.109. The third kappa shape index (κ3) is 2.27. The van der Waals surface area contributed by atoms with Crippen LogP contribution in [0.4, 0.5) is 10.2 Å². The fraction of sp³-hybridized carbons (Fsp3) is 0.400. The molecule has 0 spiro atoms. The number of carboxylic acids is 1. The zero-order chi connectivity index (χ0) is 11.7. The molecule has 2 rings (SSSR count). The summed E-state index contributed by atoms with van der Waals surface area (Å²) in [6, 6.07) is 1.30. The maximum atomic E-state index is 13.4. The molecule has 0 unspecified atom stereocenters. The normalized spacial score (nSPS) is 14.9. The van der Waals surface area contributed by atoms with Crippen molar-refractivity contribution < 1.29 is 14.3 Å². The summed E-state index contributed by atoms with van der Waals surface area (Å²) in [6.45, 7) is 0. The van der Waals surface area contributed by atoms with E-state index in [0.717, 1.165) is 30.7 Å². The molecule has 0 aromatic carbocycles. The average molecular weight is 242 g/mol. The molecule has 16 heavy (non-hydrogen) atoms. The van der Waals surface area contributed by atoms with Crippen LogP contribution in [-0.2, 0) is 0 Å². The second-order valence-electron chi connectivity index (χ2n) is 3.60. The smallest absolute Gasteiger partial charge is 0.339 e. The molecule has 86 valence electrons. The van der Waals surface area contributed by atoms with Gasteiger partial charge in [-0.3, -0.25) is 0 Å². The van der Waals surface area contributed by atoms with E-state index in [1.165, 1.54) is 0 Å². The number of aromatic carboxylic acids is 1. The maximum Gasteiger partial charge on any atom is 0.339 e. The Balaban J connectivity index is 2.39. The first-order valence-electron chi connectivity index (χ1n) is 4.86. The van der Waals surface area contributed by atoms with Crippen LogP contribution in [0.15, 0.2) is 11.1 Å². The van der Waals surface area contributed by atoms with Crippen LogP contribution in [-0.4, -0.2) is 28.4 Å². The number of rotatable bonds is 4. The first-order valence-corrected chi connectivity index (χ1v) is 6.08. The molecule has 1 aliphatic carbocycles. The average Bonchev–Trinajstić information content (AvgIpc) is 3.03. The van der Waals surface area contributed by atoms with Gasteiger partial charge >= 0.3 is 5.97 Å². The van der Waals surface area contributed by atoms with Crippen molar-refractivity contribution in [3.63, 3.8) is 0 Å². The lowest BCUT2D eigenvalue weighted by molar-refractivity contribution is 0.0696. The number of aromatic nitrogens is 1. The minimum atomic E-state index is -1.16. The van der Waals surface area contributed by atoms with Gasteiger partial charge in [-0.2, -0.15) is 0 Å². The highest BCUT2D eigenvalue weighted by molar-refractivity contribution is 7.98. The Morgan fingerprint density at radius 1 is 1.69 bits per heavy atom. The number of pyridine rings is 1. The molecule has 1 fully saturated rings. The monoisotopic (exact) mass is 242 g/mol. The summed E-state index contributed by atoms with van der Waals surface area (Å²) >= 11 is 1.16. The van der Waals surface area contributed by atoms with Crippen molar-refractivity contribution in [1.29, 1.82) is 0 Å². The Labute approximate surface area is 96.3 Å². The van der Waals surface area contributed by atoms with E-state index in [1.54, 1.807) is 6.26 Å². The van der Waals surface area contributed by atoms with Gasteiger partial charge in [0, 0.05) is 6.04 Å². The van der Waals surface area contributed by atoms with Crippen molar-refractivity contribution >= 4 is 23.5 Å². The Kier molecular flexibility index (Phi) is 3.00. The SMILES string of the molecule is CSc1nc(NC2CC2)c(C(=O)O)cc1F. The number of hydrogen-bond donors (Lipinski definition) is 2. The van der Waals surface area contributed by atoms with Gasteiger partial charge in [0.1, 0.15) is 16.4 Å². The molecule has 0 amide bonds. The van der Waals surface area contributed by atoms with Gasteiger partial charge in [-0.15, -0.1) is 11.8 Å². The lowest BCUT2D eigenvalue weighted by atomic mass is 10.2. The van der Waals surface area contributed by atoms with Gasteiger partial charge in [-0.05, 0) is 25.2 Å². The number of carbonyl (C=O) groups is 1. The van der Waals surface area contributed by atoms with Crippen molar-refractivity contribution in [1.82, 2.24) is 4.98 Å². The van der Waals surface area contributed by atoms with E-state index in [9.17, 15) is 9.18 Å². The van der Waals surface area contributed by atoms with Gasteiger partial charge in [0.25, 0.3) is 0 Å². The Morgan fingerprint density at radius 2 is 2.38 bits per heavy atom. The van der Waals surface area contributed by atoms with Crippen LogP contribution in [0.2, 0.25) is 0 Å². The van der Waals surface area contributed by atoms with Gasteiger partial charge in [0.2, 0.25) is 0 Å². The van der Waals surface area contributed by atoms with E-state index in [4.69, 9.17) is 5.11 Å². The molecule has 6 heteroatoms. The van der Waals surface area contributed by atoms with Gasteiger partial charge in [-0.1, -0.05) is 0 Å². The highest BCUT2D eigenvalue weighted by Crippen LogP contribution is 2.28. The van der Waals surface area contributed by atoms with Crippen LogP contribution < -0.4 is 5.32 Å². The Hall–Kier alpha value is -1.30. The Bertz CT molecular complexity index is 435. The van der Waals surface area contributed by atoms with Crippen molar-refractivity contribution in [3.8, 4) is 0 Å². The molecule has 1 aromatic rings. The molecular weight excluding hydrogens is 231 g/mol. The zero-order valence-electron chi connectivity index (χ0n) is 8.66. The summed E-state index contributed by atoms with van der Waals surface area (Å²) in [4.78, 5) is 14.9. The predicted molar refractivity (Wildman–Crippen MR) is 59.6 cm³/mol. The molecule has 0 bridgehead atoms. The Morgan fingerprint density at radius 3 is 2.88 bits per heavy atom. The van der Waals surface area contributed by atoms with Crippen molar-refractivity contribution in [2.75, 3.05) is 11.6 Å². The lowest BCUT2D eigenvalue weighted by Crippen LogP contribution is -2.11. The largest absolute Gasteiger partial charge is 0.478 e. The summed E-state index contributed by atoms with van der Waals surface area (Å²) in [7, 11) is 0. The van der Waals surface area contributed by atoms with Crippen molar-refractivity contribution in [2.45, 2.75) is 23.9 Å². The topological polar surface area (TPSA) is 62.2 Å². The minimum Gasteiger partial charge on any atom is -0.478 e. The van der Waals surface area contributed by atoms with E-state index in [0.29, 0.717) is 0 Å². The number of nitrogens with one attached hydrogen (secondary N) is 1. The molecule has 0 radical (unpaired) electrons. The quantitative estimate of drug-likeness (QED) is 0.793. The maximum absolute atomic E-state index is 13.4. The van der Waals surface area contributed by atoms with Crippen LogP contribution in [0.3, 0.4) is 0 Å². The number of thioether (sulfide) groups is 1. The lowest BCUT2D eigenvalue weighted by Gasteiger charge is -2.09. The van der Waals surface area contributed by atoms with Gasteiger partial charge in [-0.25, -0.2) is 14.2 Å². The van der Waals surface area contributed by atoms with Gasteiger partial charge in [0.05, 0.1) is 0 Å². The fourth-order valence-corrected chi connectivity index (χ4v) is 1.75. The number of nitrogens with zero attached hydrogens (tertiary/aromatic N) is 1. The van der Waals surface area contributed by atoms with Crippen LogP contribution in [0.25, 0.3) is 0 Å². The zero-order valence-corrected chi connectivity index (χ0v) is 9.47. The van der Waals surface area contributed by atoms with Crippen LogP contribution in [0, 0.1) is 5.82 Å². The molecule has 4 nitrogen and oxygen atoms in total. The van der Waals surface area contributed by atoms with Gasteiger partial charge < -0.3 is 10.4 Å². The van der Waals surface area contributed by atoms with Crippen molar-refractivity contribution in [2.24, 2.45) is 0 Å². The van der Waals surface area contributed by atoms with E-state index in [1.807, 2.05) is 0 Å². The van der Waals surface area contributed by atoms with Crippen molar-refractivity contribution in [3.05, 3.63) is 17.4 Å². The summed E-state index contributed by atoms with van der Waals surface area (Å²) in [5, 5.41) is 12.1. The van der Waals surface area contributed by atoms with Crippen LogP contribution in [0.1, 0.15) is 23.2 Å². The third-order valence-corrected chi connectivity index (χ3v) is 2.96. The molecular formula is C10H11FN2O2S. The first kappa shape index (κ1) is 11.2. The standard InChI is InChI=1S/C10H11FN2O2S/c1-16-9-7(11)4-6(10(14)15)8(13-9)12-5-2-3-5/h4-5H,2-3H2,1H3,(H,12,13)(H,14,15). The molecule has 2 N–H and O–H groups in total. The van der Waals surface area contributed by atoms with Crippen LogP contribution in [0.5, 0.6) is 0 Å². The first-order chi connectivity index (χ1) is 7.61. The number of anilines is 1. The van der Waals surface area contributed by atoms with E-state index >= 15 is 0 Å². The molecule has 1 aromatic heterocycles. The number of carboxylic acid groups (broad SMARTS) is 1. The second kappa shape index (κ2) is 4.29. The molecule has 0 saturated heterocycles. The van der Waals surface area contributed by atoms with Gasteiger partial charge in [0.15, 0.2) is 5.82 Å². The molecule has 0 aliphatic heterocycles. The van der Waals surface area contributed by atoms with E-state index in [2.05, 4.69) is 10.3 Å².